The Hall–Kier alpha value is -9.56. The van der Waals surface area contributed by atoms with Crippen LogP contribution in [0.25, 0.3) is 0 Å². The van der Waals surface area contributed by atoms with Crippen LogP contribution in [0.3, 0.4) is 0 Å². The van der Waals surface area contributed by atoms with Gasteiger partial charge in [-0.15, -0.1) is 0 Å². The van der Waals surface area contributed by atoms with E-state index in [9.17, 15) is 0 Å². The number of hydrogen-bond donors (Lipinski definition) is 0. The van der Waals surface area contributed by atoms with Crippen LogP contribution < -0.4 is 0 Å². The van der Waals surface area contributed by atoms with E-state index in [0.717, 1.165) is 61.2 Å². The maximum atomic E-state index is 7.72. The van der Waals surface area contributed by atoms with Gasteiger partial charge in [-0.25, -0.2) is 0 Å². The van der Waals surface area contributed by atoms with Crippen LogP contribution >= 0.6 is 0 Å². The lowest BCUT2D eigenvalue weighted by atomic mass is 9.80. The minimum absolute atomic E-state index is 0.00259. The average Bonchev–Trinajstić information content (AvgIpc) is 0.733. The molecule has 0 aromatic heterocycles. The summed E-state index contributed by atoms with van der Waals surface area (Å²) in [6, 6.07) is 112. The second-order valence-corrected chi connectivity index (χ2v) is 26.9. The molecule has 3 aliphatic heterocycles. The topological polar surface area (TPSA) is 129 Å². The molecule has 14 rings (SSSR count). The van der Waals surface area contributed by atoms with Crippen LogP contribution in [0, 0.1) is 0 Å². The highest BCUT2D eigenvalue weighted by Gasteiger charge is 2.53. The Labute approximate surface area is 628 Å². The predicted molar refractivity (Wildman–Crippen MR) is 409 cm³/mol. The Morgan fingerprint density at radius 1 is 0.243 bits per heavy atom. The first-order chi connectivity index (χ1) is 53.1. The summed E-state index contributed by atoms with van der Waals surface area (Å²) in [7, 11) is 0. The van der Waals surface area contributed by atoms with Crippen molar-refractivity contribution in [1.29, 1.82) is 0 Å². The third kappa shape index (κ3) is 20.2. The summed E-state index contributed by atoms with van der Waals surface area (Å²) >= 11 is 0. The fraction of sp³-hybridized carbons (Fsp3) is 0.269. The van der Waals surface area contributed by atoms with Gasteiger partial charge in [0.15, 0.2) is 18.7 Å². The van der Waals surface area contributed by atoms with Crippen LogP contribution in [0.15, 0.2) is 346 Å². The maximum absolute atomic E-state index is 7.72. The minimum Gasteiger partial charge on any atom is -0.493 e. The molecule has 0 amide bonds. The molecular weight excluding hydrogens is 1340 g/mol. The molecule has 548 valence electrons. The van der Waals surface area contributed by atoms with Gasteiger partial charge in [0.2, 0.25) is 0 Å². The zero-order chi connectivity index (χ0) is 72.3. The van der Waals surface area contributed by atoms with Crippen LogP contribution in [0.5, 0.6) is 0 Å². The molecule has 14 nitrogen and oxygen atoms in total. The van der Waals surface area contributed by atoms with Crippen LogP contribution in [0.4, 0.5) is 0 Å². The van der Waals surface area contributed by atoms with E-state index in [2.05, 4.69) is 60.7 Å². The Bertz CT molecular complexity index is 4220. The van der Waals surface area contributed by atoms with E-state index < -0.39 is 85.3 Å². The van der Waals surface area contributed by atoms with Crippen LogP contribution in [0.1, 0.15) is 61.2 Å². The first kappa shape index (κ1) is 74.3. The molecule has 3 heterocycles. The highest BCUT2D eigenvalue weighted by Crippen LogP contribution is 2.43. The standard InChI is InChI=1S/C93H92O14/c1-12-34-69(35-13-1)58-94-66-82-85(97-60-71-38-16-3-17-39-71)88(100-63-74-44-22-6-23-45-74)90(102-65-76-48-26-8-27-49-76)92(107-82)105-80-56-57-95-81(84(80)96-59-70-36-14-2-15-37-70)67-103-91-89(101-64-75-46-24-7-25-47-75)87(99-62-73-42-20-5-21-43-73)86(98-61-72-40-18-4-19-41-72)83(106-91)68-104-93(77-50-28-9-29-51-77,78-52-30-10-31-53-78)79-54-32-11-33-55-79/h1-57,80-92H,58-68H2/t80-,81-,82-,83-,84+,85-,86-,87+,88+,89-,90-,91-,92-/m1/s1. The fourth-order valence-corrected chi connectivity index (χ4v) is 14.0. The normalized spacial score (nSPS) is 22.9. The number of ether oxygens (including phenoxy) is 14. The molecule has 2 fully saturated rings. The highest BCUT2D eigenvalue weighted by atomic mass is 16.7. The van der Waals surface area contributed by atoms with Crippen LogP contribution in [-0.4, -0.2) is 99.5 Å². The zero-order valence-electron chi connectivity index (χ0n) is 59.9. The van der Waals surface area contributed by atoms with Crippen LogP contribution in [-0.2, 0) is 125 Å². The lowest BCUT2D eigenvalue weighted by molar-refractivity contribution is -0.344. The molecular formula is C93H92O14. The Morgan fingerprint density at radius 3 is 0.879 bits per heavy atom. The molecule has 13 atom stereocenters. The summed E-state index contributed by atoms with van der Waals surface area (Å²) < 4.78 is 101. The van der Waals surface area contributed by atoms with Gasteiger partial charge in [-0.2, -0.15) is 0 Å². The molecule has 2 saturated heterocycles. The SMILES string of the molecule is C1=C[C@@H](O[C@@H]2O[C@H](COCc3ccccc3)[C@@H](OCc3ccccc3)[C@H](OCc3ccccc3)[C@H]2OCc2ccccc2)[C@H](OCc2ccccc2)[C@@H](CO[C@@H]2O[C@H](COC(c3ccccc3)(c3ccccc3)c3ccccc3)[C@@H](OCc3ccccc3)[C@H](OCc3ccccc3)[C@H]2OCc2ccccc2)O1. The van der Waals surface area contributed by atoms with Crippen molar-refractivity contribution < 1.29 is 66.3 Å². The van der Waals surface area contributed by atoms with Crippen molar-refractivity contribution in [3.63, 3.8) is 0 Å². The van der Waals surface area contributed by atoms with Crippen LogP contribution in [0.2, 0.25) is 0 Å². The molecule has 0 N–H and O–H groups in total. The quantitative estimate of drug-likeness (QED) is 0.0345. The molecule has 11 aromatic carbocycles. The first-order valence-electron chi connectivity index (χ1n) is 37.0. The summed E-state index contributed by atoms with van der Waals surface area (Å²) in [5, 5.41) is 0. The number of hydrogen-bond acceptors (Lipinski definition) is 14. The molecule has 11 aromatic rings. The molecule has 0 radical (unpaired) electrons. The van der Waals surface area contributed by atoms with E-state index in [4.69, 9.17) is 66.3 Å². The molecule has 14 heteroatoms. The van der Waals surface area contributed by atoms with E-state index in [1.54, 1.807) is 6.26 Å². The number of rotatable bonds is 36. The van der Waals surface area contributed by atoms with Crippen molar-refractivity contribution in [2.45, 2.75) is 138 Å². The summed E-state index contributed by atoms with van der Waals surface area (Å²) in [4.78, 5) is 0. The van der Waals surface area contributed by atoms with Gasteiger partial charge in [0, 0.05) is 0 Å². The monoisotopic (exact) mass is 1430 g/mol. The van der Waals surface area contributed by atoms with Gasteiger partial charge in [-0.3, -0.25) is 0 Å². The lowest BCUT2D eigenvalue weighted by Crippen LogP contribution is -2.63. The second kappa shape index (κ2) is 38.8. The van der Waals surface area contributed by atoms with Crippen molar-refractivity contribution in [1.82, 2.24) is 0 Å². The Kier molecular flexibility index (Phi) is 27.0. The van der Waals surface area contributed by atoms with Gasteiger partial charge >= 0.3 is 0 Å². The first-order valence-corrected chi connectivity index (χ1v) is 37.0. The summed E-state index contributed by atoms with van der Waals surface area (Å²) in [6.45, 7) is 1.89. The van der Waals surface area contributed by atoms with Gasteiger partial charge < -0.3 is 66.3 Å². The molecule has 0 saturated carbocycles. The molecule has 0 unspecified atom stereocenters. The highest BCUT2D eigenvalue weighted by molar-refractivity contribution is 5.47. The van der Waals surface area contributed by atoms with Gasteiger partial charge in [-0.05, 0) is 67.3 Å². The molecule has 3 aliphatic rings. The smallest absolute Gasteiger partial charge is 0.187 e. The largest absolute Gasteiger partial charge is 0.493 e. The third-order valence-electron chi connectivity index (χ3n) is 19.5. The molecule has 107 heavy (non-hydrogen) atoms. The van der Waals surface area contributed by atoms with Crippen molar-refractivity contribution in [3.8, 4) is 0 Å². The maximum Gasteiger partial charge on any atom is 0.187 e. The van der Waals surface area contributed by atoms with Gasteiger partial charge in [0.1, 0.15) is 66.6 Å². The second-order valence-electron chi connectivity index (χ2n) is 26.9. The van der Waals surface area contributed by atoms with E-state index in [1.165, 1.54) is 0 Å². The van der Waals surface area contributed by atoms with Crippen molar-refractivity contribution in [2.75, 3.05) is 19.8 Å². The molecule has 0 bridgehead atoms. The van der Waals surface area contributed by atoms with Crippen molar-refractivity contribution >= 4 is 0 Å². The molecule has 0 aliphatic carbocycles. The van der Waals surface area contributed by atoms with Gasteiger partial charge in [0.25, 0.3) is 0 Å². The lowest BCUT2D eigenvalue weighted by Gasteiger charge is -2.48. The van der Waals surface area contributed by atoms with Crippen molar-refractivity contribution in [3.05, 3.63) is 407 Å². The van der Waals surface area contributed by atoms with Gasteiger partial charge in [-0.1, -0.05) is 334 Å². The Balaban J connectivity index is 0.829. The predicted octanol–water partition coefficient (Wildman–Crippen LogP) is 17.1. The van der Waals surface area contributed by atoms with Gasteiger partial charge in [0.05, 0.1) is 78.9 Å². The van der Waals surface area contributed by atoms with E-state index >= 15 is 0 Å². The fourth-order valence-electron chi connectivity index (χ4n) is 14.0. The molecule has 0 spiro atoms. The summed E-state index contributed by atoms with van der Waals surface area (Å²) in [5.41, 5.74) is 9.36. The minimum atomic E-state index is -1.14. The summed E-state index contributed by atoms with van der Waals surface area (Å²) in [6.07, 6.45) is -7.83. The third-order valence-corrected chi connectivity index (χ3v) is 19.5. The zero-order valence-corrected chi connectivity index (χ0v) is 59.9. The van der Waals surface area contributed by atoms with E-state index in [-0.39, 0.29) is 66.1 Å². The average molecular weight is 1430 g/mol. The van der Waals surface area contributed by atoms with E-state index in [0.29, 0.717) is 6.61 Å². The number of benzene rings is 11. The van der Waals surface area contributed by atoms with Crippen molar-refractivity contribution in [2.24, 2.45) is 0 Å². The Morgan fingerprint density at radius 2 is 0.523 bits per heavy atom. The van der Waals surface area contributed by atoms with E-state index in [1.807, 2.05) is 279 Å². The summed E-state index contributed by atoms with van der Waals surface area (Å²) in [5.74, 6) is 0.